The number of nitro groups is 1. The number of halogens is 3. The third-order valence-corrected chi connectivity index (χ3v) is 5.21. The molecule has 1 amide bonds. The summed E-state index contributed by atoms with van der Waals surface area (Å²) in [4.78, 5) is 26.4. The molecule has 0 saturated carbocycles. The van der Waals surface area contributed by atoms with E-state index < -0.39 is 22.4 Å². The van der Waals surface area contributed by atoms with Crippen molar-refractivity contribution >= 4 is 17.3 Å². The second-order valence-corrected chi connectivity index (χ2v) is 7.31. The number of furan rings is 1. The highest BCUT2D eigenvalue weighted by molar-refractivity contribution is 5.93. The van der Waals surface area contributed by atoms with Crippen LogP contribution in [0.25, 0.3) is 11.5 Å². The molecule has 1 N–H and O–H groups in total. The number of nitro benzene ring substituents is 1. The van der Waals surface area contributed by atoms with Gasteiger partial charge in [0.1, 0.15) is 17.1 Å². The molecule has 12 heteroatoms. The molecule has 0 bridgehead atoms. The molecule has 0 radical (unpaired) electrons. The minimum Gasteiger partial charge on any atom is -0.460 e. The molecule has 2 aromatic heterocycles. The van der Waals surface area contributed by atoms with Crippen molar-refractivity contribution in [2.45, 2.75) is 13.1 Å². The zero-order valence-electron chi connectivity index (χ0n) is 16.8. The second-order valence-electron chi connectivity index (χ2n) is 7.31. The number of aromatic amines is 1. The maximum absolute atomic E-state index is 12.9. The summed E-state index contributed by atoms with van der Waals surface area (Å²) in [7, 11) is 0. The van der Waals surface area contributed by atoms with Gasteiger partial charge in [-0.25, -0.2) is 0 Å². The van der Waals surface area contributed by atoms with Gasteiger partial charge in [0.05, 0.1) is 10.5 Å². The Balaban J connectivity index is 1.46. The number of H-pyrrole nitrogens is 1. The van der Waals surface area contributed by atoms with E-state index in [9.17, 15) is 28.1 Å². The first-order valence-corrected chi connectivity index (χ1v) is 9.65. The molecule has 1 aliphatic heterocycles. The van der Waals surface area contributed by atoms with Gasteiger partial charge in [-0.2, -0.15) is 18.3 Å². The first-order valence-electron chi connectivity index (χ1n) is 9.65. The van der Waals surface area contributed by atoms with Gasteiger partial charge in [-0.3, -0.25) is 20.0 Å². The molecule has 3 heterocycles. The van der Waals surface area contributed by atoms with Crippen LogP contribution in [-0.4, -0.2) is 52.1 Å². The molecule has 1 aliphatic rings. The molecule has 0 aliphatic carbocycles. The van der Waals surface area contributed by atoms with Gasteiger partial charge >= 0.3 is 6.18 Å². The molecule has 0 unspecified atom stereocenters. The molecule has 9 nitrogen and oxygen atoms in total. The minimum atomic E-state index is -4.68. The summed E-state index contributed by atoms with van der Waals surface area (Å²) < 4.78 is 44.3. The van der Waals surface area contributed by atoms with Crippen LogP contribution < -0.4 is 4.90 Å². The molecule has 3 aromatic rings. The second kappa shape index (κ2) is 8.02. The molecular weight excluding hydrogens is 431 g/mol. The minimum absolute atomic E-state index is 0.0883. The summed E-state index contributed by atoms with van der Waals surface area (Å²) in [5.41, 5.74) is -0.859. The monoisotopic (exact) mass is 449 g/mol. The van der Waals surface area contributed by atoms with Crippen LogP contribution in [-0.2, 0) is 6.18 Å². The first kappa shape index (κ1) is 21.4. The number of benzene rings is 1. The Morgan fingerprint density at radius 2 is 1.88 bits per heavy atom. The first-order chi connectivity index (χ1) is 15.1. The number of rotatable bonds is 4. The third kappa shape index (κ3) is 4.15. The van der Waals surface area contributed by atoms with Gasteiger partial charge in [-0.1, -0.05) is 0 Å². The Morgan fingerprint density at radius 3 is 2.47 bits per heavy atom. The fraction of sp³-hybridized carbons (Fsp3) is 0.300. The number of piperazine rings is 1. The number of aromatic nitrogens is 2. The van der Waals surface area contributed by atoms with Crippen molar-refractivity contribution in [2.75, 3.05) is 31.1 Å². The lowest BCUT2D eigenvalue weighted by atomic mass is 10.1. The van der Waals surface area contributed by atoms with Crippen LogP contribution in [0.4, 0.5) is 24.5 Å². The van der Waals surface area contributed by atoms with Gasteiger partial charge in [0.25, 0.3) is 11.6 Å². The highest BCUT2D eigenvalue weighted by Crippen LogP contribution is 2.36. The van der Waals surface area contributed by atoms with Gasteiger partial charge in [0, 0.05) is 38.3 Å². The van der Waals surface area contributed by atoms with Gasteiger partial charge in [-0.05, 0) is 31.2 Å². The number of hydrogen-bond donors (Lipinski definition) is 1. The van der Waals surface area contributed by atoms with E-state index in [0.29, 0.717) is 17.5 Å². The van der Waals surface area contributed by atoms with Gasteiger partial charge in [-0.15, -0.1) is 0 Å². The normalized spacial score (nSPS) is 14.6. The maximum Gasteiger partial charge on any atom is 0.416 e. The standard InChI is InChI=1S/C20H18F3N5O4/c1-12-2-5-18(32-12)14-11-15(25-24-14)19(29)27-8-6-26(7-9-27)16-4-3-13(20(21,22)23)10-17(16)28(30)31/h2-5,10-11H,6-9H2,1H3,(H,24,25). The van der Waals surface area contributed by atoms with Crippen LogP contribution in [0.5, 0.6) is 0 Å². The van der Waals surface area contributed by atoms with Crippen molar-refractivity contribution in [3.63, 3.8) is 0 Å². The number of nitrogens with one attached hydrogen (secondary N) is 1. The van der Waals surface area contributed by atoms with Crippen molar-refractivity contribution < 1.29 is 27.3 Å². The van der Waals surface area contributed by atoms with Crippen LogP contribution in [0.15, 0.2) is 40.8 Å². The number of anilines is 1. The zero-order chi connectivity index (χ0) is 23.0. The van der Waals surface area contributed by atoms with Crippen LogP contribution >= 0.6 is 0 Å². The lowest BCUT2D eigenvalue weighted by molar-refractivity contribution is -0.384. The van der Waals surface area contributed by atoms with Crippen molar-refractivity contribution in [3.05, 3.63) is 63.5 Å². The zero-order valence-corrected chi connectivity index (χ0v) is 16.8. The van der Waals surface area contributed by atoms with E-state index in [2.05, 4.69) is 10.2 Å². The van der Waals surface area contributed by atoms with Crippen LogP contribution in [0.2, 0.25) is 0 Å². The number of hydrogen-bond acceptors (Lipinski definition) is 6. The molecule has 1 saturated heterocycles. The number of amides is 1. The molecule has 4 rings (SSSR count). The molecule has 0 atom stereocenters. The molecule has 1 aromatic carbocycles. The Labute approximate surface area is 179 Å². The predicted molar refractivity (Wildman–Crippen MR) is 107 cm³/mol. The lowest BCUT2D eigenvalue weighted by Gasteiger charge is -2.35. The number of alkyl halides is 3. The quantitative estimate of drug-likeness (QED) is 0.479. The summed E-state index contributed by atoms with van der Waals surface area (Å²) in [6.07, 6.45) is -4.68. The maximum atomic E-state index is 12.9. The number of aryl methyl sites for hydroxylation is 1. The van der Waals surface area contributed by atoms with E-state index in [4.69, 9.17) is 4.42 Å². The number of carbonyl (C=O) groups is 1. The number of nitrogens with zero attached hydrogens (tertiary/aromatic N) is 4. The van der Waals surface area contributed by atoms with E-state index in [1.54, 1.807) is 34.9 Å². The van der Waals surface area contributed by atoms with Crippen molar-refractivity contribution in [3.8, 4) is 11.5 Å². The topological polar surface area (TPSA) is 109 Å². The molecule has 32 heavy (non-hydrogen) atoms. The van der Waals surface area contributed by atoms with Crippen LogP contribution in [0.1, 0.15) is 21.8 Å². The number of carbonyl (C=O) groups excluding carboxylic acids is 1. The van der Waals surface area contributed by atoms with Crippen molar-refractivity contribution in [1.82, 2.24) is 15.1 Å². The third-order valence-electron chi connectivity index (χ3n) is 5.21. The average Bonchev–Trinajstić information content (AvgIpc) is 3.41. The van der Waals surface area contributed by atoms with Crippen molar-refractivity contribution in [1.29, 1.82) is 0 Å². The van der Waals surface area contributed by atoms with E-state index >= 15 is 0 Å². The summed E-state index contributed by atoms with van der Waals surface area (Å²) >= 11 is 0. The Bertz CT molecular complexity index is 1160. The molecular formula is C20H18F3N5O4. The fourth-order valence-corrected chi connectivity index (χ4v) is 3.56. The van der Waals surface area contributed by atoms with Crippen LogP contribution in [0.3, 0.4) is 0 Å². The van der Waals surface area contributed by atoms with Crippen molar-refractivity contribution in [2.24, 2.45) is 0 Å². The molecule has 1 fully saturated rings. The highest BCUT2D eigenvalue weighted by Gasteiger charge is 2.34. The van der Waals surface area contributed by atoms with Gasteiger partial charge in [0.2, 0.25) is 0 Å². The fourth-order valence-electron chi connectivity index (χ4n) is 3.56. The SMILES string of the molecule is Cc1ccc(-c2cc(C(=O)N3CCN(c4ccc(C(F)(F)F)cc4[N+](=O)[O-])CC3)n[nH]2)o1. The summed E-state index contributed by atoms with van der Waals surface area (Å²) in [5.74, 6) is 0.946. The summed E-state index contributed by atoms with van der Waals surface area (Å²) in [5, 5.41) is 18.1. The molecule has 0 spiro atoms. The predicted octanol–water partition coefficient (Wildman–Crippen LogP) is 3.87. The summed E-state index contributed by atoms with van der Waals surface area (Å²) in [6.45, 7) is 2.73. The lowest BCUT2D eigenvalue weighted by Crippen LogP contribution is -2.49. The molecule has 168 valence electrons. The Hall–Kier alpha value is -3.83. The van der Waals surface area contributed by atoms with Crippen LogP contribution in [0, 0.1) is 17.0 Å². The van der Waals surface area contributed by atoms with Gasteiger partial charge < -0.3 is 14.2 Å². The van der Waals surface area contributed by atoms with E-state index in [-0.39, 0.29) is 43.5 Å². The van der Waals surface area contributed by atoms with E-state index in [1.807, 2.05) is 0 Å². The average molecular weight is 449 g/mol. The smallest absolute Gasteiger partial charge is 0.416 e. The Kier molecular flexibility index (Phi) is 5.36. The summed E-state index contributed by atoms with van der Waals surface area (Å²) in [6, 6.07) is 7.58. The van der Waals surface area contributed by atoms with Gasteiger partial charge in [0.15, 0.2) is 11.5 Å². The van der Waals surface area contributed by atoms with E-state index in [1.165, 1.54) is 0 Å². The largest absolute Gasteiger partial charge is 0.460 e. The Morgan fingerprint density at radius 1 is 1.16 bits per heavy atom. The van der Waals surface area contributed by atoms with E-state index in [0.717, 1.165) is 17.9 Å². The highest BCUT2D eigenvalue weighted by atomic mass is 19.4.